The maximum absolute atomic E-state index is 9.14. The molecule has 0 saturated heterocycles. The number of fused-ring (bicyclic) bond motifs is 1. The number of aromatic nitrogens is 1. The van der Waals surface area contributed by atoms with E-state index in [2.05, 4.69) is 16.4 Å². The Morgan fingerprint density at radius 3 is 2.84 bits per heavy atom. The molecule has 1 atom stereocenters. The number of nitriles is 1. The number of rotatable bonds is 3. The van der Waals surface area contributed by atoms with Gasteiger partial charge in [-0.15, -0.1) is 22.7 Å². The van der Waals surface area contributed by atoms with Crippen LogP contribution in [0, 0.1) is 11.3 Å². The summed E-state index contributed by atoms with van der Waals surface area (Å²) in [6, 6.07) is 12.0. The quantitative estimate of drug-likeness (QED) is 0.772. The number of pyridine rings is 1. The molecule has 0 spiro atoms. The van der Waals surface area contributed by atoms with Gasteiger partial charge in [0, 0.05) is 16.8 Å². The molecule has 7 heteroatoms. The third-order valence-corrected chi connectivity index (χ3v) is 5.62. The first-order chi connectivity index (χ1) is 12.3. The van der Waals surface area contributed by atoms with E-state index in [1.807, 2.05) is 48.1 Å². The van der Waals surface area contributed by atoms with Crippen molar-refractivity contribution in [2.75, 3.05) is 7.05 Å². The molecule has 122 valence electrons. The second-order valence-electron chi connectivity index (χ2n) is 5.33. The highest BCUT2D eigenvalue weighted by molar-refractivity contribution is 7.12. The summed E-state index contributed by atoms with van der Waals surface area (Å²) in [5, 5.41) is 17.1. The molecule has 1 unspecified atom stereocenters. The van der Waals surface area contributed by atoms with Gasteiger partial charge in [-0.1, -0.05) is 6.07 Å². The van der Waals surface area contributed by atoms with Crippen molar-refractivity contribution in [3.63, 3.8) is 0 Å². The fourth-order valence-electron chi connectivity index (χ4n) is 2.63. The molecular formula is C18H13N5S2. The maximum atomic E-state index is 9.14. The smallest absolute Gasteiger partial charge is 0.158 e. The summed E-state index contributed by atoms with van der Waals surface area (Å²) < 4.78 is 0. The van der Waals surface area contributed by atoms with Crippen molar-refractivity contribution in [1.82, 2.24) is 10.3 Å². The molecule has 1 aliphatic heterocycles. The van der Waals surface area contributed by atoms with Crippen molar-refractivity contribution in [1.29, 1.82) is 5.26 Å². The van der Waals surface area contributed by atoms with Gasteiger partial charge in [-0.25, -0.2) is 15.0 Å². The van der Waals surface area contributed by atoms with Crippen LogP contribution in [0.1, 0.15) is 15.3 Å². The molecule has 0 aliphatic carbocycles. The molecule has 3 aromatic rings. The molecule has 0 aromatic carbocycles. The molecule has 0 fully saturated rings. The first-order valence-corrected chi connectivity index (χ1v) is 9.38. The minimum atomic E-state index is -0.323. The van der Waals surface area contributed by atoms with Crippen LogP contribution in [0.5, 0.6) is 0 Å². The van der Waals surface area contributed by atoms with Crippen LogP contribution in [0.25, 0.3) is 5.70 Å². The number of nitrogens with zero attached hydrogens (tertiary/aromatic N) is 4. The van der Waals surface area contributed by atoms with Crippen molar-refractivity contribution in [2.45, 2.75) is 6.17 Å². The third-order valence-electron chi connectivity index (χ3n) is 3.79. The van der Waals surface area contributed by atoms with Crippen molar-refractivity contribution in [3.8, 4) is 6.07 Å². The first kappa shape index (κ1) is 15.8. The van der Waals surface area contributed by atoms with Gasteiger partial charge in [0.1, 0.15) is 12.2 Å². The average molecular weight is 363 g/mol. The van der Waals surface area contributed by atoms with Crippen LogP contribution >= 0.6 is 22.7 Å². The predicted octanol–water partition coefficient (Wildman–Crippen LogP) is 1.90. The molecule has 4 heterocycles. The third kappa shape index (κ3) is 2.91. The van der Waals surface area contributed by atoms with E-state index in [0.717, 1.165) is 26.4 Å². The van der Waals surface area contributed by atoms with E-state index in [1.54, 1.807) is 17.5 Å². The zero-order valence-electron chi connectivity index (χ0n) is 13.3. The maximum Gasteiger partial charge on any atom is 0.158 e. The fourth-order valence-corrected chi connectivity index (χ4v) is 4.21. The lowest BCUT2D eigenvalue weighted by Gasteiger charge is -2.12. The van der Waals surface area contributed by atoms with Crippen molar-refractivity contribution < 1.29 is 0 Å². The van der Waals surface area contributed by atoms with Gasteiger partial charge in [0.15, 0.2) is 5.49 Å². The monoisotopic (exact) mass is 363 g/mol. The molecule has 25 heavy (non-hydrogen) atoms. The van der Waals surface area contributed by atoms with Gasteiger partial charge in [-0.05, 0) is 36.7 Å². The Morgan fingerprint density at radius 2 is 2.12 bits per heavy atom. The number of nitrogens with one attached hydrogen (secondary N) is 1. The van der Waals surface area contributed by atoms with Gasteiger partial charge < -0.3 is 0 Å². The Balaban J connectivity index is 2.02. The molecule has 4 rings (SSSR count). The van der Waals surface area contributed by atoms with E-state index in [4.69, 9.17) is 15.2 Å². The molecule has 0 bridgehead atoms. The highest BCUT2D eigenvalue weighted by Crippen LogP contribution is 2.24. The second kappa shape index (κ2) is 6.69. The number of thiophene rings is 2. The van der Waals surface area contributed by atoms with Crippen molar-refractivity contribution in [2.24, 2.45) is 9.98 Å². The summed E-state index contributed by atoms with van der Waals surface area (Å²) in [5.74, 6) is 0. The molecule has 0 saturated carbocycles. The zero-order valence-corrected chi connectivity index (χ0v) is 14.9. The van der Waals surface area contributed by atoms with Crippen molar-refractivity contribution >= 4 is 34.1 Å². The molecular weight excluding hydrogens is 350 g/mol. The van der Waals surface area contributed by atoms with E-state index < -0.39 is 0 Å². The van der Waals surface area contributed by atoms with E-state index in [0.29, 0.717) is 11.1 Å². The number of likely N-dealkylation sites (N-methyl/N-ethyl adjacent to an activating group) is 1. The molecule has 1 N–H and O–H groups in total. The topological polar surface area (TPSA) is 73.4 Å². The van der Waals surface area contributed by atoms with Gasteiger partial charge in [0.2, 0.25) is 0 Å². The summed E-state index contributed by atoms with van der Waals surface area (Å²) in [6.07, 6.45) is 1.42. The van der Waals surface area contributed by atoms with Crippen LogP contribution in [-0.2, 0) is 0 Å². The SMILES string of the molecule is CNC1N=c2ncccc2=C(c2cccs2)N=C1c1cc(C#N)cs1. The summed E-state index contributed by atoms with van der Waals surface area (Å²) in [6.45, 7) is 0. The minimum absolute atomic E-state index is 0.323. The standard InChI is InChI=1S/C18H13N5S2/c1-20-18-16(14-8-11(9-19)10-25-14)22-15(13-5-3-7-24-13)12-4-2-6-21-17(12)23-18/h2-8,10,18,20H,1H3. The van der Waals surface area contributed by atoms with Gasteiger partial charge >= 0.3 is 0 Å². The van der Waals surface area contributed by atoms with E-state index >= 15 is 0 Å². The van der Waals surface area contributed by atoms with E-state index in [9.17, 15) is 0 Å². The Kier molecular flexibility index (Phi) is 4.24. The second-order valence-corrected chi connectivity index (χ2v) is 7.19. The lowest BCUT2D eigenvalue weighted by molar-refractivity contribution is 0.710. The van der Waals surface area contributed by atoms with Crippen molar-refractivity contribution in [3.05, 3.63) is 73.3 Å². The number of hydrogen-bond acceptors (Lipinski definition) is 7. The Hall–Kier alpha value is -2.66. The Bertz CT molecular complexity index is 1100. The summed E-state index contributed by atoms with van der Waals surface area (Å²) in [4.78, 5) is 16.2. The van der Waals surface area contributed by atoms with Gasteiger partial charge in [-0.2, -0.15) is 5.26 Å². The van der Waals surface area contributed by atoms with Gasteiger partial charge in [0.05, 0.1) is 26.7 Å². The molecule has 5 nitrogen and oxygen atoms in total. The Morgan fingerprint density at radius 1 is 1.20 bits per heavy atom. The molecule has 3 aromatic heterocycles. The summed E-state index contributed by atoms with van der Waals surface area (Å²) in [7, 11) is 1.85. The first-order valence-electron chi connectivity index (χ1n) is 7.62. The van der Waals surface area contributed by atoms with E-state index in [1.165, 1.54) is 11.3 Å². The predicted molar refractivity (Wildman–Crippen MR) is 100 cm³/mol. The lowest BCUT2D eigenvalue weighted by atomic mass is 10.2. The lowest BCUT2D eigenvalue weighted by Crippen LogP contribution is -2.36. The normalized spacial score (nSPS) is 16.4. The zero-order chi connectivity index (χ0) is 17.2. The minimum Gasteiger partial charge on any atom is -0.294 e. The highest BCUT2D eigenvalue weighted by Gasteiger charge is 2.21. The van der Waals surface area contributed by atoms with Crippen LogP contribution in [0.3, 0.4) is 0 Å². The number of hydrogen-bond donors (Lipinski definition) is 1. The Labute approximate surface area is 152 Å². The van der Waals surface area contributed by atoms with Crippen LogP contribution in [-0.4, -0.2) is 23.9 Å². The molecule has 0 amide bonds. The summed E-state index contributed by atoms with van der Waals surface area (Å²) in [5.41, 5.74) is 2.97. The average Bonchev–Trinajstić information content (AvgIpc) is 3.31. The van der Waals surface area contributed by atoms with Crippen LogP contribution < -0.4 is 16.0 Å². The summed E-state index contributed by atoms with van der Waals surface area (Å²) >= 11 is 3.14. The van der Waals surface area contributed by atoms with Crippen LogP contribution in [0.15, 0.2) is 57.3 Å². The van der Waals surface area contributed by atoms with Crippen LogP contribution in [0.4, 0.5) is 0 Å². The molecule has 1 aliphatic rings. The largest absolute Gasteiger partial charge is 0.294 e. The van der Waals surface area contributed by atoms with E-state index in [-0.39, 0.29) is 6.17 Å². The highest BCUT2D eigenvalue weighted by atomic mass is 32.1. The number of aliphatic imine (C=N–C) groups is 1. The van der Waals surface area contributed by atoms with Gasteiger partial charge in [0.25, 0.3) is 0 Å². The van der Waals surface area contributed by atoms with Gasteiger partial charge in [-0.3, -0.25) is 5.32 Å². The van der Waals surface area contributed by atoms with Crippen LogP contribution in [0.2, 0.25) is 0 Å². The fraction of sp³-hybridized carbons (Fsp3) is 0.111. The molecule has 0 radical (unpaired) electrons.